The Balaban J connectivity index is 1.75. The molecule has 18 heavy (non-hydrogen) atoms. The Labute approximate surface area is 110 Å². The SMILES string of the molecule is CC(C)(C)ON[C@H]1CCN(Cc2ccccc2)C1. The highest BCUT2D eigenvalue weighted by Gasteiger charge is 2.24. The third-order valence-electron chi connectivity index (χ3n) is 3.05. The normalized spacial score (nSPS) is 21.4. The van der Waals surface area contributed by atoms with E-state index in [0.717, 1.165) is 26.1 Å². The molecule has 100 valence electrons. The number of hydrogen-bond donors (Lipinski definition) is 1. The summed E-state index contributed by atoms with van der Waals surface area (Å²) in [7, 11) is 0. The van der Waals surface area contributed by atoms with Crippen LogP contribution < -0.4 is 5.48 Å². The molecule has 0 radical (unpaired) electrons. The molecule has 1 aromatic carbocycles. The van der Waals surface area contributed by atoms with Gasteiger partial charge >= 0.3 is 0 Å². The van der Waals surface area contributed by atoms with Crippen molar-refractivity contribution < 1.29 is 4.84 Å². The van der Waals surface area contributed by atoms with E-state index in [-0.39, 0.29) is 5.60 Å². The van der Waals surface area contributed by atoms with Gasteiger partial charge in [0.2, 0.25) is 0 Å². The third kappa shape index (κ3) is 4.41. The van der Waals surface area contributed by atoms with Crippen LogP contribution in [0, 0.1) is 0 Å². The number of hydrogen-bond acceptors (Lipinski definition) is 3. The van der Waals surface area contributed by atoms with Gasteiger partial charge in [0.15, 0.2) is 0 Å². The number of nitrogens with zero attached hydrogens (tertiary/aromatic N) is 1. The molecule has 0 aliphatic carbocycles. The Hall–Kier alpha value is -0.900. The zero-order valence-electron chi connectivity index (χ0n) is 11.6. The van der Waals surface area contributed by atoms with E-state index >= 15 is 0 Å². The van der Waals surface area contributed by atoms with Crippen molar-refractivity contribution in [2.45, 2.75) is 45.4 Å². The Morgan fingerprint density at radius 1 is 1.28 bits per heavy atom. The molecule has 0 saturated carbocycles. The maximum absolute atomic E-state index is 5.64. The summed E-state index contributed by atoms with van der Waals surface area (Å²) in [5, 5.41) is 0. The molecule has 0 unspecified atom stereocenters. The molecule has 1 N–H and O–H groups in total. The fourth-order valence-electron chi connectivity index (χ4n) is 2.17. The molecular formula is C15H24N2O. The fraction of sp³-hybridized carbons (Fsp3) is 0.600. The van der Waals surface area contributed by atoms with E-state index in [2.05, 4.69) is 61.5 Å². The fourth-order valence-corrected chi connectivity index (χ4v) is 2.17. The predicted molar refractivity (Wildman–Crippen MR) is 74.1 cm³/mol. The highest BCUT2D eigenvalue weighted by molar-refractivity contribution is 5.14. The summed E-state index contributed by atoms with van der Waals surface area (Å²) in [6.07, 6.45) is 1.16. The van der Waals surface area contributed by atoms with Gasteiger partial charge in [-0.15, -0.1) is 0 Å². The van der Waals surface area contributed by atoms with E-state index in [1.807, 2.05) is 0 Å². The Kier molecular flexibility index (Phi) is 4.38. The number of rotatable bonds is 4. The van der Waals surface area contributed by atoms with Crippen molar-refractivity contribution in [3.8, 4) is 0 Å². The average Bonchev–Trinajstić information content (AvgIpc) is 2.75. The summed E-state index contributed by atoms with van der Waals surface area (Å²) in [4.78, 5) is 8.11. The lowest BCUT2D eigenvalue weighted by Crippen LogP contribution is -2.38. The van der Waals surface area contributed by atoms with Crippen LogP contribution in [0.3, 0.4) is 0 Å². The lowest BCUT2D eigenvalue weighted by molar-refractivity contribution is -0.0867. The second kappa shape index (κ2) is 5.83. The topological polar surface area (TPSA) is 24.5 Å². The molecule has 1 fully saturated rings. The summed E-state index contributed by atoms with van der Waals surface area (Å²) in [5.74, 6) is 0. The molecule has 3 heteroatoms. The molecule has 0 aromatic heterocycles. The molecule has 0 bridgehead atoms. The van der Waals surface area contributed by atoms with Gasteiger partial charge in [0, 0.05) is 25.7 Å². The Morgan fingerprint density at radius 2 is 2.00 bits per heavy atom. The molecule has 1 saturated heterocycles. The van der Waals surface area contributed by atoms with E-state index in [4.69, 9.17) is 4.84 Å². The molecule has 1 aliphatic heterocycles. The van der Waals surface area contributed by atoms with Crippen molar-refractivity contribution in [1.82, 2.24) is 10.4 Å². The highest BCUT2D eigenvalue weighted by atomic mass is 16.7. The second-order valence-corrected chi connectivity index (χ2v) is 6.04. The van der Waals surface area contributed by atoms with Crippen molar-refractivity contribution in [3.05, 3.63) is 35.9 Å². The molecular weight excluding hydrogens is 224 g/mol. The van der Waals surface area contributed by atoms with Crippen molar-refractivity contribution in [2.75, 3.05) is 13.1 Å². The van der Waals surface area contributed by atoms with Crippen LogP contribution >= 0.6 is 0 Å². The molecule has 2 rings (SSSR count). The highest BCUT2D eigenvalue weighted by Crippen LogP contribution is 2.14. The van der Waals surface area contributed by atoms with Crippen molar-refractivity contribution in [3.63, 3.8) is 0 Å². The van der Waals surface area contributed by atoms with E-state index in [1.54, 1.807) is 0 Å². The maximum Gasteiger partial charge on any atom is 0.0813 e. The number of benzene rings is 1. The Morgan fingerprint density at radius 3 is 2.67 bits per heavy atom. The summed E-state index contributed by atoms with van der Waals surface area (Å²) in [5.41, 5.74) is 4.46. The molecule has 0 amide bonds. The first-order chi connectivity index (χ1) is 8.53. The average molecular weight is 248 g/mol. The first kappa shape index (κ1) is 13.5. The molecule has 0 spiro atoms. The van der Waals surface area contributed by atoms with Crippen LogP contribution in [0.5, 0.6) is 0 Å². The quantitative estimate of drug-likeness (QED) is 0.829. The smallest absolute Gasteiger partial charge is 0.0813 e. The minimum atomic E-state index is -0.118. The van der Waals surface area contributed by atoms with Gasteiger partial charge in [-0.25, -0.2) is 0 Å². The van der Waals surface area contributed by atoms with Crippen LogP contribution in [-0.4, -0.2) is 29.6 Å². The van der Waals surface area contributed by atoms with E-state index in [0.29, 0.717) is 6.04 Å². The van der Waals surface area contributed by atoms with E-state index < -0.39 is 0 Å². The summed E-state index contributed by atoms with van der Waals surface area (Å²) >= 11 is 0. The summed E-state index contributed by atoms with van der Waals surface area (Å²) < 4.78 is 0. The lowest BCUT2D eigenvalue weighted by Gasteiger charge is -2.23. The molecule has 3 nitrogen and oxygen atoms in total. The minimum Gasteiger partial charge on any atom is -0.297 e. The van der Waals surface area contributed by atoms with Crippen LogP contribution in [0.25, 0.3) is 0 Å². The minimum absolute atomic E-state index is 0.118. The zero-order valence-corrected chi connectivity index (χ0v) is 11.6. The number of hydroxylamine groups is 1. The number of likely N-dealkylation sites (tertiary alicyclic amines) is 1. The Bertz CT molecular complexity index is 359. The number of nitrogens with one attached hydrogen (secondary N) is 1. The van der Waals surface area contributed by atoms with Gasteiger partial charge in [-0.1, -0.05) is 30.3 Å². The van der Waals surface area contributed by atoms with Gasteiger partial charge in [-0.05, 0) is 32.8 Å². The third-order valence-corrected chi connectivity index (χ3v) is 3.05. The zero-order chi connectivity index (χ0) is 13.0. The van der Waals surface area contributed by atoms with Crippen molar-refractivity contribution in [2.24, 2.45) is 0 Å². The van der Waals surface area contributed by atoms with Crippen molar-refractivity contribution in [1.29, 1.82) is 0 Å². The van der Waals surface area contributed by atoms with Gasteiger partial charge < -0.3 is 0 Å². The van der Waals surface area contributed by atoms with E-state index in [1.165, 1.54) is 5.56 Å². The summed E-state index contributed by atoms with van der Waals surface area (Å²) in [6.45, 7) is 9.43. The van der Waals surface area contributed by atoms with Crippen LogP contribution in [0.4, 0.5) is 0 Å². The van der Waals surface area contributed by atoms with Crippen LogP contribution in [0.15, 0.2) is 30.3 Å². The summed E-state index contributed by atoms with van der Waals surface area (Å²) in [6, 6.07) is 11.1. The largest absolute Gasteiger partial charge is 0.297 e. The monoisotopic (exact) mass is 248 g/mol. The van der Waals surface area contributed by atoms with Gasteiger partial charge in [-0.2, -0.15) is 5.48 Å². The molecule has 1 aromatic rings. The van der Waals surface area contributed by atoms with Gasteiger partial charge in [0.1, 0.15) is 0 Å². The van der Waals surface area contributed by atoms with Crippen molar-refractivity contribution >= 4 is 0 Å². The lowest BCUT2D eigenvalue weighted by atomic mass is 10.2. The van der Waals surface area contributed by atoms with Crippen LogP contribution in [0.2, 0.25) is 0 Å². The first-order valence-electron chi connectivity index (χ1n) is 6.73. The molecule has 1 atom stereocenters. The molecule has 1 heterocycles. The maximum atomic E-state index is 5.64. The molecule has 1 aliphatic rings. The van der Waals surface area contributed by atoms with Gasteiger partial charge in [-0.3, -0.25) is 9.74 Å². The standard InChI is InChI=1S/C15H24N2O/c1-15(2,3)18-16-14-9-10-17(12-14)11-13-7-5-4-6-8-13/h4-8,14,16H,9-12H2,1-3H3/t14-/m0/s1. The van der Waals surface area contributed by atoms with Crippen LogP contribution in [0.1, 0.15) is 32.8 Å². The van der Waals surface area contributed by atoms with Gasteiger partial charge in [0.05, 0.1) is 5.60 Å². The first-order valence-corrected chi connectivity index (χ1v) is 6.73. The predicted octanol–water partition coefficient (Wildman–Crippen LogP) is 2.58. The van der Waals surface area contributed by atoms with E-state index in [9.17, 15) is 0 Å². The second-order valence-electron chi connectivity index (χ2n) is 6.04. The van der Waals surface area contributed by atoms with Crippen LogP contribution in [-0.2, 0) is 11.4 Å². The van der Waals surface area contributed by atoms with Gasteiger partial charge in [0.25, 0.3) is 0 Å².